The molecule has 1 saturated carbocycles. The number of carbonyl (C=O) groups is 1. The summed E-state index contributed by atoms with van der Waals surface area (Å²) in [6, 6.07) is 2.96. The Morgan fingerprint density at radius 2 is 2.18 bits per heavy atom. The first kappa shape index (κ1) is 18.8. The summed E-state index contributed by atoms with van der Waals surface area (Å²) in [4.78, 5) is 19.5. The van der Waals surface area contributed by atoms with Crippen LogP contribution < -0.4 is 15.8 Å². The first-order valence-electron chi connectivity index (χ1n) is 9.25. The molecule has 0 aromatic carbocycles. The standard InChI is InChI=1S/C19H23FN4O4/c1-27-15-3-2-13-16(23-15)11(12(20)9-22-13)8-14(21)19-6-4-18(5-7-19,10-28-19)24-17(25)26/h2-3,9,14,24H,4-8,10,21H2,1H3,(H,25,26). The third-order valence-corrected chi connectivity index (χ3v) is 6.11. The van der Waals surface area contributed by atoms with Gasteiger partial charge in [0, 0.05) is 17.7 Å². The Hall–Kier alpha value is -2.52. The van der Waals surface area contributed by atoms with Gasteiger partial charge >= 0.3 is 6.09 Å². The zero-order valence-electron chi connectivity index (χ0n) is 15.6. The number of carboxylic acid groups (broad SMARTS) is 1. The number of ether oxygens (including phenoxy) is 2. The number of pyridine rings is 2. The van der Waals surface area contributed by atoms with E-state index in [4.69, 9.17) is 20.3 Å². The first-order valence-corrected chi connectivity index (χ1v) is 9.25. The van der Waals surface area contributed by atoms with Crippen LogP contribution in [-0.4, -0.2) is 52.1 Å². The van der Waals surface area contributed by atoms with Crippen LogP contribution in [-0.2, 0) is 11.2 Å². The number of methoxy groups -OCH3 is 1. The summed E-state index contributed by atoms with van der Waals surface area (Å²) >= 11 is 0. The second kappa shape index (κ2) is 6.82. The van der Waals surface area contributed by atoms with Crippen molar-refractivity contribution in [1.82, 2.24) is 15.3 Å². The molecule has 2 aromatic rings. The Morgan fingerprint density at radius 1 is 1.43 bits per heavy atom. The average molecular weight is 390 g/mol. The largest absolute Gasteiger partial charge is 0.481 e. The molecule has 9 heteroatoms. The van der Waals surface area contributed by atoms with Crippen molar-refractivity contribution in [3.05, 3.63) is 29.7 Å². The summed E-state index contributed by atoms with van der Waals surface area (Å²) < 4.78 is 25.8. The number of hydrogen-bond acceptors (Lipinski definition) is 6. The molecular weight excluding hydrogens is 367 g/mol. The van der Waals surface area contributed by atoms with E-state index in [-0.39, 0.29) is 13.0 Å². The summed E-state index contributed by atoms with van der Waals surface area (Å²) in [5.74, 6) is -0.0855. The number of aromatic nitrogens is 2. The molecule has 150 valence electrons. The topological polar surface area (TPSA) is 120 Å². The lowest BCUT2D eigenvalue weighted by Gasteiger charge is -2.55. The second-order valence-corrected chi connectivity index (χ2v) is 7.68. The van der Waals surface area contributed by atoms with Crippen LogP contribution in [0.3, 0.4) is 0 Å². The first-order chi connectivity index (χ1) is 13.4. The lowest BCUT2D eigenvalue weighted by atomic mass is 9.67. The summed E-state index contributed by atoms with van der Waals surface area (Å²) in [6.07, 6.45) is 2.92. The van der Waals surface area contributed by atoms with Crippen LogP contribution in [0.5, 0.6) is 5.88 Å². The Balaban J connectivity index is 1.59. The Morgan fingerprint density at radius 3 is 2.79 bits per heavy atom. The molecule has 5 rings (SSSR count). The predicted octanol–water partition coefficient (Wildman–Crippen LogP) is 2.00. The van der Waals surface area contributed by atoms with Crippen LogP contribution in [0.2, 0.25) is 0 Å². The van der Waals surface area contributed by atoms with E-state index in [0.29, 0.717) is 48.2 Å². The highest BCUT2D eigenvalue weighted by atomic mass is 19.1. The summed E-state index contributed by atoms with van der Waals surface area (Å²) in [5.41, 5.74) is 6.77. The highest BCUT2D eigenvalue weighted by molar-refractivity contribution is 5.78. The third-order valence-electron chi connectivity index (χ3n) is 6.11. The van der Waals surface area contributed by atoms with E-state index in [1.165, 1.54) is 13.3 Å². The lowest BCUT2D eigenvalue weighted by molar-refractivity contribution is -0.170. The maximum atomic E-state index is 14.6. The number of halogens is 1. The summed E-state index contributed by atoms with van der Waals surface area (Å²) in [7, 11) is 1.50. The number of nitrogens with one attached hydrogen (secondary N) is 1. The Bertz CT molecular complexity index is 898. The molecule has 2 aliphatic heterocycles. The zero-order valence-corrected chi connectivity index (χ0v) is 15.6. The summed E-state index contributed by atoms with van der Waals surface area (Å²) in [6.45, 7) is 0.276. The predicted molar refractivity (Wildman–Crippen MR) is 98.8 cm³/mol. The zero-order chi connectivity index (χ0) is 19.9. The quantitative estimate of drug-likeness (QED) is 0.714. The highest BCUT2D eigenvalue weighted by Gasteiger charge is 2.53. The smallest absolute Gasteiger partial charge is 0.405 e. The van der Waals surface area contributed by atoms with Gasteiger partial charge < -0.3 is 25.6 Å². The van der Waals surface area contributed by atoms with E-state index >= 15 is 0 Å². The van der Waals surface area contributed by atoms with E-state index in [2.05, 4.69) is 15.3 Å². The molecule has 1 atom stereocenters. The number of nitrogens with two attached hydrogens (primary N) is 1. The minimum absolute atomic E-state index is 0.240. The van der Waals surface area contributed by atoms with Crippen molar-refractivity contribution in [3.8, 4) is 5.88 Å². The van der Waals surface area contributed by atoms with Crippen molar-refractivity contribution in [2.24, 2.45) is 5.73 Å². The molecule has 2 saturated heterocycles. The second-order valence-electron chi connectivity index (χ2n) is 7.68. The molecule has 3 aliphatic rings. The van der Waals surface area contributed by atoms with Gasteiger partial charge in [0.25, 0.3) is 0 Å². The van der Waals surface area contributed by atoms with Crippen molar-refractivity contribution in [1.29, 1.82) is 0 Å². The molecule has 0 spiro atoms. The summed E-state index contributed by atoms with van der Waals surface area (Å²) in [5, 5.41) is 11.7. The molecule has 2 bridgehead atoms. The number of rotatable bonds is 5. The van der Waals surface area contributed by atoms with E-state index < -0.39 is 29.1 Å². The number of hydrogen-bond donors (Lipinski definition) is 3. The van der Waals surface area contributed by atoms with Gasteiger partial charge in [-0.3, -0.25) is 4.98 Å². The van der Waals surface area contributed by atoms with Gasteiger partial charge in [0.15, 0.2) is 0 Å². The molecule has 1 unspecified atom stereocenters. The lowest BCUT2D eigenvalue weighted by Crippen LogP contribution is -2.67. The fraction of sp³-hybridized carbons (Fsp3) is 0.526. The van der Waals surface area contributed by atoms with Crippen molar-refractivity contribution in [2.75, 3.05) is 13.7 Å². The molecule has 8 nitrogen and oxygen atoms in total. The van der Waals surface area contributed by atoms with Gasteiger partial charge in [-0.25, -0.2) is 14.2 Å². The van der Waals surface area contributed by atoms with Crippen molar-refractivity contribution in [2.45, 2.75) is 49.3 Å². The SMILES string of the molecule is COc1ccc2ncc(F)c(CC(N)C34CCC(NC(=O)O)(CC3)CO4)c2n1. The maximum absolute atomic E-state index is 14.6. The van der Waals surface area contributed by atoms with Gasteiger partial charge in [-0.2, -0.15) is 0 Å². The molecule has 0 radical (unpaired) electrons. The molecule has 3 fully saturated rings. The van der Waals surface area contributed by atoms with Gasteiger partial charge in [0.1, 0.15) is 5.82 Å². The molecule has 28 heavy (non-hydrogen) atoms. The van der Waals surface area contributed by atoms with Gasteiger partial charge in [-0.1, -0.05) is 0 Å². The molecular formula is C19H23FN4O4. The number of nitrogens with zero attached hydrogens (tertiary/aromatic N) is 2. The fourth-order valence-electron chi connectivity index (χ4n) is 4.38. The van der Waals surface area contributed by atoms with E-state index in [1.54, 1.807) is 12.1 Å². The van der Waals surface area contributed by atoms with Gasteiger partial charge in [-0.05, 0) is 38.2 Å². The molecule has 1 amide bonds. The van der Waals surface area contributed by atoms with Crippen molar-refractivity contribution < 1.29 is 23.8 Å². The van der Waals surface area contributed by atoms with Crippen LogP contribution >= 0.6 is 0 Å². The van der Waals surface area contributed by atoms with Crippen molar-refractivity contribution >= 4 is 17.1 Å². The van der Waals surface area contributed by atoms with E-state index in [0.717, 1.165) is 0 Å². The van der Waals surface area contributed by atoms with Crippen molar-refractivity contribution in [3.63, 3.8) is 0 Å². The fourth-order valence-corrected chi connectivity index (χ4v) is 4.38. The minimum atomic E-state index is -1.05. The minimum Gasteiger partial charge on any atom is -0.481 e. The van der Waals surface area contributed by atoms with Crippen LogP contribution in [0, 0.1) is 5.82 Å². The highest BCUT2D eigenvalue weighted by Crippen LogP contribution is 2.45. The van der Waals surface area contributed by atoms with Crippen LogP contribution in [0.15, 0.2) is 18.3 Å². The van der Waals surface area contributed by atoms with Gasteiger partial charge in [0.2, 0.25) is 5.88 Å². The maximum Gasteiger partial charge on any atom is 0.405 e. The van der Waals surface area contributed by atoms with E-state index in [9.17, 15) is 9.18 Å². The van der Waals surface area contributed by atoms with Crippen LogP contribution in [0.1, 0.15) is 31.2 Å². The average Bonchev–Trinajstić information content (AvgIpc) is 2.70. The van der Waals surface area contributed by atoms with Crippen LogP contribution in [0.25, 0.3) is 11.0 Å². The van der Waals surface area contributed by atoms with E-state index in [1.807, 2.05) is 0 Å². The monoisotopic (exact) mass is 390 g/mol. The Labute approximate surface area is 161 Å². The number of fused-ring (bicyclic) bond motifs is 4. The molecule has 4 N–H and O–H groups in total. The third kappa shape index (κ3) is 3.14. The number of amides is 1. The van der Waals surface area contributed by atoms with Gasteiger partial charge in [0.05, 0.1) is 42.1 Å². The Kier molecular flexibility index (Phi) is 4.59. The molecule has 4 heterocycles. The molecule has 2 aromatic heterocycles. The van der Waals surface area contributed by atoms with Gasteiger partial charge in [-0.15, -0.1) is 0 Å². The molecule has 1 aliphatic carbocycles. The normalized spacial score (nSPS) is 27.5. The van der Waals surface area contributed by atoms with Crippen LogP contribution in [0.4, 0.5) is 9.18 Å².